The van der Waals surface area contributed by atoms with Crippen molar-refractivity contribution in [2.24, 2.45) is 0 Å². The Morgan fingerprint density at radius 2 is 2.07 bits per heavy atom. The number of hydrogen-bond donors (Lipinski definition) is 0. The zero-order chi connectivity index (χ0) is 19.3. The maximum absolute atomic E-state index is 13.2. The van der Waals surface area contributed by atoms with E-state index in [1.807, 2.05) is 20.8 Å². The highest BCUT2D eigenvalue weighted by atomic mass is 32.2. The maximum Gasteiger partial charge on any atom is 0.246 e. The molecule has 1 aliphatic rings. The fourth-order valence-corrected chi connectivity index (χ4v) is 6.83. The highest BCUT2D eigenvalue weighted by Crippen LogP contribution is 2.35. The monoisotopic (exact) mass is 407 g/mol. The third kappa shape index (κ3) is 2.92. The molecule has 1 unspecified atom stereocenters. The zero-order valence-corrected chi connectivity index (χ0v) is 17.8. The van der Waals surface area contributed by atoms with E-state index in [9.17, 15) is 8.42 Å². The number of aromatic nitrogens is 4. The van der Waals surface area contributed by atoms with Gasteiger partial charge in [0.15, 0.2) is 0 Å². The lowest BCUT2D eigenvalue weighted by atomic mass is 9.97. The summed E-state index contributed by atoms with van der Waals surface area (Å²) in [5.41, 5.74) is 2.91. The first-order valence-electron chi connectivity index (χ1n) is 9.30. The van der Waals surface area contributed by atoms with Crippen molar-refractivity contribution in [3.05, 3.63) is 34.5 Å². The van der Waals surface area contributed by atoms with Gasteiger partial charge in [-0.1, -0.05) is 0 Å². The van der Waals surface area contributed by atoms with Crippen molar-refractivity contribution in [1.29, 1.82) is 0 Å². The third-order valence-electron chi connectivity index (χ3n) is 5.47. The number of hydrogen-bond acceptors (Lipinski definition) is 5. The Labute approximate surface area is 163 Å². The van der Waals surface area contributed by atoms with Crippen molar-refractivity contribution in [2.45, 2.75) is 57.9 Å². The van der Waals surface area contributed by atoms with Gasteiger partial charge in [-0.2, -0.15) is 9.40 Å². The number of rotatable bonds is 4. The first-order chi connectivity index (χ1) is 12.8. The van der Waals surface area contributed by atoms with Gasteiger partial charge >= 0.3 is 0 Å². The molecule has 0 radical (unpaired) electrons. The smallest absolute Gasteiger partial charge is 0.246 e. The highest BCUT2D eigenvalue weighted by molar-refractivity contribution is 7.89. The van der Waals surface area contributed by atoms with Gasteiger partial charge in [0.25, 0.3) is 0 Å². The Morgan fingerprint density at radius 3 is 2.78 bits per heavy atom. The van der Waals surface area contributed by atoms with E-state index in [2.05, 4.69) is 21.8 Å². The van der Waals surface area contributed by atoms with Crippen LogP contribution in [0.2, 0.25) is 0 Å². The molecule has 1 saturated heterocycles. The van der Waals surface area contributed by atoms with Gasteiger partial charge in [-0.3, -0.25) is 9.08 Å². The van der Waals surface area contributed by atoms with E-state index in [0.29, 0.717) is 30.2 Å². The van der Waals surface area contributed by atoms with Crippen LogP contribution >= 0.6 is 11.3 Å². The van der Waals surface area contributed by atoms with Crippen LogP contribution in [0.1, 0.15) is 48.6 Å². The molecule has 0 aliphatic carbocycles. The maximum atomic E-state index is 13.2. The Hall–Kier alpha value is -1.71. The van der Waals surface area contributed by atoms with E-state index in [4.69, 9.17) is 4.98 Å². The van der Waals surface area contributed by atoms with Gasteiger partial charge in [0.05, 0.1) is 17.6 Å². The molecule has 0 bridgehead atoms. The van der Waals surface area contributed by atoms with Gasteiger partial charge < -0.3 is 0 Å². The van der Waals surface area contributed by atoms with Gasteiger partial charge in [0.1, 0.15) is 15.6 Å². The van der Waals surface area contributed by atoms with Crippen LogP contribution < -0.4 is 0 Å². The van der Waals surface area contributed by atoms with Crippen LogP contribution in [0.15, 0.2) is 16.5 Å². The number of piperidine rings is 1. The Kier molecular flexibility index (Phi) is 4.64. The van der Waals surface area contributed by atoms with Crippen molar-refractivity contribution < 1.29 is 8.42 Å². The van der Waals surface area contributed by atoms with Crippen LogP contribution in [0.3, 0.4) is 0 Å². The molecule has 7 nitrogen and oxygen atoms in total. The predicted molar refractivity (Wildman–Crippen MR) is 106 cm³/mol. The summed E-state index contributed by atoms with van der Waals surface area (Å²) in [6.45, 7) is 9.55. The van der Waals surface area contributed by atoms with Gasteiger partial charge in [-0.25, -0.2) is 13.4 Å². The quantitative estimate of drug-likeness (QED) is 0.666. The van der Waals surface area contributed by atoms with E-state index < -0.39 is 10.0 Å². The lowest BCUT2D eigenvalue weighted by molar-refractivity contribution is 0.314. The standard InChI is InChI=1S/C18H25N5O2S2/c1-5-22-13(3)16(9-19-22)27(24,25)21-8-6-7-15(10-21)17-18-23(14(4)20-17)12(2)11-26-18/h9,11,15H,5-8,10H2,1-4H3. The minimum Gasteiger partial charge on any atom is -0.292 e. The first-order valence-corrected chi connectivity index (χ1v) is 11.6. The van der Waals surface area contributed by atoms with Crippen LogP contribution in [0.5, 0.6) is 0 Å². The number of fused-ring (bicyclic) bond motifs is 1. The van der Waals surface area contributed by atoms with Crippen LogP contribution in [0.4, 0.5) is 0 Å². The minimum atomic E-state index is -3.55. The Bertz CT molecular complexity index is 1090. The van der Waals surface area contributed by atoms with E-state index >= 15 is 0 Å². The summed E-state index contributed by atoms with van der Waals surface area (Å²) in [6.07, 6.45) is 3.29. The summed E-state index contributed by atoms with van der Waals surface area (Å²) in [6, 6.07) is 0. The lowest BCUT2D eigenvalue weighted by Crippen LogP contribution is -2.39. The second-order valence-corrected chi connectivity index (χ2v) is 9.94. The summed E-state index contributed by atoms with van der Waals surface area (Å²) < 4.78 is 32.0. The molecule has 0 spiro atoms. The van der Waals surface area contributed by atoms with Crippen molar-refractivity contribution in [2.75, 3.05) is 13.1 Å². The Morgan fingerprint density at radius 1 is 1.30 bits per heavy atom. The Balaban J connectivity index is 1.67. The predicted octanol–water partition coefficient (Wildman–Crippen LogP) is 3.11. The van der Waals surface area contributed by atoms with Crippen LogP contribution in [-0.4, -0.2) is 45.0 Å². The molecule has 146 valence electrons. The number of thiazole rings is 1. The van der Waals surface area contributed by atoms with Gasteiger partial charge in [0, 0.05) is 36.6 Å². The molecule has 0 saturated carbocycles. The van der Waals surface area contributed by atoms with Crippen molar-refractivity contribution >= 4 is 26.2 Å². The van der Waals surface area contributed by atoms with E-state index in [0.717, 1.165) is 29.2 Å². The first kappa shape index (κ1) is 18.6. The SMILES string of the molecule is CCn1ncc(S(=O)(=O)N2CCCC(c3nc(C)n4c(C)csc34)C2)c1C. The normalized spacial score (nSPS) is 19.2. The summed E-state index contributed by atoms with van der Waals surface area (Å²) in [5.74, 6) is 1.09. The minimum absolute atomic E-state index is 0.122. The molecule has 9 heteroatoms. The molecular weight excluding hydrogens is 382 g/mol. The fraction of sp³-hybridized carbons (Fsp3) is 0.556. The number of imidazole rings is 1. The molecule has 1 atom stereocenters. The molecule has 27 heavy (non-hydrogen) atoms. The van der Waals surface area contributed by atoms with Crippen LogP contribution in [0, 0.1) is 20.8 Å². The van der Waals surface area contributed by atoms with E-state index in [-0.39, 0.29) is 5.92 Å². The fourth-order valence-electron chi connectivity index (χ4n) is 4.05. The third-order valence-corrected chi connectivity index (χ3v) is 8.51. The molecular formula is C18H25N5O2S2. The molecule has 1 aliphatic heterocycles. The van der Waals surface area contributed by atoms with Crippen molar-refractivity contribution in [1.82, 2.24) is 23.5 Å². The lowest BCUT2D eigenvalue weighted by Gasteiger charge is -2.31. The summed E-state index contributed by atoms with van der Waals surface area (Å²) >= 11 is 1.69. The molecule has 0 N–H and O–H groups in total. The summed E-state index contributed by atoms with van der Waals surface area (Å²) in [4.78, 5) is 6.26. The van der Waals surface area contributed by atoms with Crippen LogP contribution in [-0.2, 0) is 16.6 Å². The van der Waals surface area contributed by atoms with Crippen molar-refractivity contribution in [3.63, 3.8) is 0 Å². The molecule has 3 aromatic rings. The molecule has 0 aromatic carbocycles. The average molecular weight is 408 g/mol. The summed E-state index contributed by atoms with van der Waals surface area (Å²) in [5, 5.41) is 6.35. The van der Waals surface area contributed by atoms with Crippen molar-refractivity contribution in [3.8, 4) is 0 Å². The molecule has 1 fully saturated rings. The molecule has 3 aromatic heterocycles. The van der Waals surface area contributed by atoms with E-state index in [1.54, 1.807) is 20.3 Å². The highest BCUT2D eigenvalue weighted by Gasteiger charge is 2.35. The average Bonchev–Trinajstić information content (AvgIpc) is 3.31. The van der Waals surface area contributed by atoms with Crippen LogP contribution in [0.25, 0.3) is 4.83 Å². The van der Waals surface area contributed by atoms with E-state index in [1.165, 1.54) is 11.9 Å². The van der Waals surface area contributed by atoms with Gasteiger partial charge in [-0.15, -0.1) is 11.3 Å². The summed E-state index contributed by atoms with van der Waals surface area (Å²) in [7, 11) is -3.55. The molecule has 0 amide bonds. The second kappa shape index (κ2) is 6.72. The second-order valence-electron chi connectivity index (χ2n) is 7.17. The van der Waals surface area contributed by atoms with Gasteiger partial charge in [0.2, 0.25) is 10.0 Å². The zero-order valence-electron chi connectivity index (χ0n) is 16.1. The largest absolute Gasteiger partial charge is 0.292 e. The number of sulfonamides is 1. The molecule has 4 rings (SSSR count). The van der Waals surface area contributed by atoms with Gasteiger partial charge in [-0.05, 0) is 40.5 Å². The number of nitrogens with zero attached hydrogens (tertiary/aromatic N) is 5. The topological polar surface area (TPSA) is 72.5 Å². The molecule has 4 heterocycles. The number of aryl methyl sites for hydroxylation is 3.